The minimum atomic E-state index is -4.43. The first-order chi connectivity index (χ1) is 7.82. The highest BCUT2D eigenvalue weighted by Gasteiger charge is 2.11. The Morgan fingerprint density at radius 1 is 0.941 bits per heavy atom. The van der Waals surface area contributed by atoms with Crippen molar-refractivity contribution < 1.29 is 13.0 Å². The molecule has 0 aliphatic carbocycles. The maximum absolute atomic E-state index is 11.2. The smallest absolute Gasteiger partial charge is 0.125 e. The zero-order valence-corrected chi connectivity index (χ0v) is 10.8. The second-order valence-corrected chi connectivity index (χ2v) is 5.61. The third-order valence-corrected chi connectivity index (χ3v) is 4.04. The first kappa shape index (κ1) is 12.1. The van der Waals surface area contributed by atoms with Crippen LogP contribution in [0.4, 0.5) is 0 Å². The van der Waals surface area contributed by atoms with Gasteiger partial charge in [0.15, 0.2) is 0 Å². The fourth-order valence-electron chi connectivity index (χ4n) is 2.12. The fourth-order valence-corrected chi connectivity index (χ4v) is 2.80. The molecular weight excluding hydrogens is 236 g/mol. The summed E-state index contributed by atoms with van der Waals surface area (Å²) in [5.41, 5.74) is 3.08. The Hall–Kier alpha value is -1.39. The van der Waals surface area contributed by atoms with Gasteiger partial charge in [-0.2, -0.15) is 0 Å². The van der Waals surface area contributed by atoms with E-state index in [2.05, 4.69) is 0 Å². The van der Waals surface area contributed by atoms with Gasteiger partial charge in [-0.05, 0) is 54.3 Å². The Morgan fingerprint density at radius 2 is 1.53 bits per heavy atom. The van der Waals surface area contributed by atoms with Gasteiger partial charge in [-0.15, -0.1) is 0 Å². The average Bonchev–Trinajstić information content (AvgIpc) is 2.21. The molecule has 2 aromatic rings. The molecule has 0 spiro atoms. The van der Waals surface area contributed by atoms with Crippen LogP contribution in [-0.2, 0) is 10.1 Å². The van der Waals surface area contributed by atoms with Crippen molar-refractivity contribution in [3.8, 4) is 0 Å². The molecule has 2 rings (SSSR count). The van der Waals surface area contributed by atoms with Crippen molar-refractivity contribution in [2.75, 3.05) is 0 Å². The quantitative estimate of drug-likeness (QED) is 0.730. The lowest BCUT2D eigenvalue weighted by Gasteiger charge is -2.15. The summed E-state index contributed by atoms with van der Waals surface area (Å²) in [6.07, 6.45) is 0. The van der Waals surface area contributed by atoms with Gasteiger partial charge in [0.05, 0.1) is 4.90 Å². The lowest BCUT2D eigenvalue weighted by molar-refractivity contribution is 0.464. The maximum atomic E-state index is 11.2. The molecule has 0 bridgehead atoms. The number of fused-ring (bicyclic) bond motifs is 1. The normalized spacial score (nSPS) is 12.0. The summed E-state index contributed by atoms with van der Waals surface area (Å²) in [7, 11) is -4.43. The predicted molar refractivity (Wildman–Crippen MR) is 66.1 cm³/mol. The van der Waals surface area contributed by atoms with Crippen molar-refractivity contribution in [1.82, 2.24) is 0 Å². The van der Waals surface area contributed by atoms with Crippen molar-refractivity contribution in [3.05, 3.63) is 41.0 Å². The first-order valence-corrected chi connectivity index (χ1v) is 6.68. The standard InChI is InChI=1S/C13H14O3S/c1-8-4-6-11-12(17(14,15)16)7-5-9(2)13(11)10(8)3/h4-7H,1-3H3,(H,14,15,16)/p-1. The van der Waals surface area contributed by atoms with Crippen molar-refractivity contribution in [1.29, 1.82) is 0 Å². The summed E-state index contributed by atoms with van der Waals surface area (Å²) >= 11 is 0. The highest BCUT2D eigenvalue weighted by atomic mass is 32.2. The number of hydrogen-bond acceptors (Lipinski definition) is 3. The zero-order chi connectivity index (χ0) is 12.8. The number of benzene rings is 2. The predicted octanol–water partition coefficient (Wildman–Crippen LogP) is 2.67. The summed E-state index contributed by atoms with van der Waals surface area (Å²) < 4.78 is 33.6. The molecule has 0 atom stereocenters. The Morgan fingerprint density at radius 3 is 2.12 bits per heavy atom. The van der Waals surface area contributed by atoms with E-state index in [1.165, 1.54) is 6.07 Å². The van der Waals surface area contributed by atoms with E-state index < -0.39 is 10.1 Å². The second kappa shape index (κ2) is 3.82. The molecule has 0 aromatic heterocycles. The van der Waals surface area contributed by atoms with E-state index in [4.69, 9.17) is 0 Å². The van der Waals surface area contributed by atoms with Gasteiger partial charge in [0.2, 0.25) is 0 Å². The van der Waals surface area contributed by atoms with Gasteiger partial charge in [0.25, 0.3) is 0 Å². The Labute approximate surface area is 101 Å². The van der Waals surface area contributed by atoms with Gasteiger partial charge in [-0.3, -0.25) is 0 Å². The van der Waals surface area contributed by atoms with Crippen LogP contribution in [0.2, 0.25) is 0 Å². The lowest BCUT2D eigenvalue weighted by atomic mass is 9.97. The molecule has 0 saturated carbocycles. The van der Waals surface area contributed by atoms with E-state index in [1.54, 1.807) is 12.1 Å². The van der Waals surface area contributed by atoms with E-state index in [9.17, 15) is 13.0 Å². The van der Waals surface area contributed by atoms with Gasteiger partial charge < -0.3 is 4.55 Å². The van der Waals surface area contributed by atoms with Crippen molar-refractivity contribution in [2.24, 2.45) is 0 Å². The second-order valence-electron chi connectivity index (χ2n) is 4.26. The van der Waals surface area contributed by atoms with Crippen LogP contribution in [0.3, 0.4) is 0 Å². The number of aryl methyl sites for hydroxylation is 3. The number of hydrogen-bond donors (Lipinski definition) is 0. The third-order valence-electron chi connectivity index (χ3n) is 3.15. The third kappa shape index (κ3) is 1.94. The van der Waals surface area contributed by atoms with Gasteiger partial charge in [-0.1, -0.05) is 18.2 Å². The SMILES string of the molecule is Cc1ccc2c(S(=O)(=O)[O-])ccc(C)c2c1C. The molecule has 0 fully saturated rings. The molecule has 0 saturated heterocycles. The molecule has 2 aromatic carbocycles. The van der Waals surface area contributed by atoms with Crippen LogP contribution in [0, 0.1) is 20.8 Å². The largest absolute Gasteiger partial charge is 0.744 e. The average molecular weight is 249 g/mol. The zero-order valence-electron chi connectivity index (χ0n) is 9.94. The van der Waals surface area contributed by atoms with E-state index in [0.29, 0.717) is 5.39 Å². The molecule has 0 amide bonds. The van der Waals surface area contributed by atoms with Crippen LogP contribution in [0.1, 0.15) is 16.7 Å². The molecule has 0 aliphatic rings. The molecule has 17 heavy (non-hydrogen) atoms. The Kier molecular flexibility index (Phi) is 2.72. The first-order valence-electron chi connectivity index (χ1n) is 5.28. The van der Waals surface area contributed by atoms with E-state index in [0.717, 1.165) is 22.1 Å². The topological polar surface area (TPSA) is 57.2 Å². The van der Waals surface area contributed by atoms with Crippen molar-refractivity contribution in [2.45, 2.75) is 25.7 Å². The van der Waals surface area contributed by atoms with Gasteiger partial charge in [0.1, 0.15) is 10.1 Å². The molecule has 0 unspecified atom stereocenters. The summed E-state index contributed by atoms with van der Waals surface area (Å²) in [5.74, 6) is 0. The van der Waals surface area contributed by atoms with Crippen LogP contribution < -0.4 is 0 Å². The van der Waals surface area contributed by atoms with E-state index in [1.807, 2.05) is 26.8 Å². The molecular formula is C13H13O3S-. The molecule has 3 nitrogen and oxygen atoms in total. The molecule has 0 N–H and O–H groups in total. The molecule has 0 heterocycles. The van der Waals surface area contributed by atoms with E-state index in [-0.39, 0.29) is 4.90 Å². The molecule has 0 radical (unpaired) electrons. The monoisotopic (exact) mass is 249 g/mol. The summed E-state index contributed by atoms with van der Waals surface area (Å²) in [5, 5.41) is 1.38. The molecule has 4 heteroatoms. The van der Waals surface area contributed by atoms with Crippen LogP contribution in [0.25, 0.3) is 10.8 Å². The molecule has 0 aliphatic heterocycles. The van der Waals surface area contributed by atoms with Crippen LogP contribution >= 0.6 is 0 Å². The van der Waals surface area contributed by atoms with Crippen molar-refractivity contribution >= 4 is 20.9 Å². The van der Waals surface area contributed by atoms with Gasteiger partial charge in [0, 0.05) is 0 Å². The van der Waals surface area contributed by atoms with Crippen LogP contribution in [-0.4, -0.2) is 13.0 Å². The maximum Gasteiger partial charge on any atom is 0.125 e. The summed E-state index contributed by atoms with van der Waals surface area (Å²) in [6.45, 7) is 5.81. The minimum Gasteiger partial charge on any atom is -0.744 e. The summed E-state index contributed by atoms with van der Waals surface area (Å²) in [4.78, 5) is -0.138. The van der Waals surface area contributed by atoms with E-state index >= 15 is 0 Å². The van der Waals surface area contributed by atoms with Gasteiger partial charge >= 0.3 is 0 Å². The molecule has 90 valence electrons. The van der Waals surface area contributed by atoms with Crippen LogP contribution in [0.15, 0.2) is 29.2 Å². The van der Waals surface area contributed by atoms with Crippen LogP contribution in [0.5, 0.6) is 0 Å². The Bertz CT molecular complexity index is 700. The number of rotatable bonds is 1. The Balaban J connectivity index is 3.04. The minimum absolute atomic E-state index is 0.138. The fraction of sp³-hybridized carbons (Fsp3) is 0.231. The summed E-state index contributed by atoms with van der Waals surface area (Å²) in [6, 6.07) is 6.61. The lowest BCUT2D eigenvalue weighted by Crippen LogP contribution is -2.01. The van der Waals surface area contributed by atoms with Crippen molar-refractivity contribution in [3.63, 3.8) is 0 Å². The highest BCUT2D eigenvalue weighted by Crippen LogP contribution is 2.29. The highest BCUT2D eigenvalue weighted by molar-refractivity contribution is 7.86. The van der Waals surface area contributed by atoms with Gasteiger partial charge in [-0.25, -0.2) is 8.42 Å².